The van der Waals surface area contributed by atoms with Crippen LogP contribution in [0.15, 0.2) is 0 Å². The first kappa shape index (κ1) is 57.4. The quantitative estimate of drug-likeness (QED) is 0.0345. The van der Waals surface area contributed by atoms with Gasteiger partial charge in [-0.2, -0.15) is 0 Å². The molecule has 0 radical (unpaired) electrons. The van der Waals surface area contributed by atoms with E-state index in [1.807, 2.05) is 0 Å². The Kier molecular flexibility index (Phi) is 44.7. The van der Waals surface area contributed by atoms with E-state index >= 15 is 0 Å². The van der Waals surface area contributed by atoms with E-state index in [0.29, 0.717) is 19.3 Å². The third-order valence-electron chi connectivity index (χ3n) is 12.0. The summed E-state index contributed by atoms with van der Waals surface area (Å²) in [4.78, 5) is 37.9. The maximum atomic E-state index is 12.7. The van der Waals surface area contributed by atoms with Gasteiger partial charge in [0.25, 0.3) is 0 Å². The van der Waals surface area contributed by atoms with Gasteiger partial charge in [0, 0.05) is 19.3 Å². The van der Waals surface area contributed by atoms with E-state index in [1.165, 1.54) is 180 Å². The largest absolute Gasteiger partial charge is 0.462 e. The van der Waals surface area contributed by atoms with Crippen molar-refractivity contribution in [1.82, 2.24) is 0 Å². The Bertz CT molecular complexity index is 900. The Balaban J connectivity index is 4.22. The number of carbonyl (C=O) groups excluding carboxylic acids is 3. The van der Waals surface area contributed by atoms with Gasteiger partial charge in [0.05, 0.1) is 0 Å². The van der Waals surface area contributed by atoms with Crippen molar-refractivity contribution in [3.8, 4) is 0 Å². The smallest absolute Gasteiger partial charge is 0.306 e. The van der Waals surface area contributed by atoms with Crippen molar-refractivity contribution in [2.75, 3.05) is 13.2 Å². The van der Waals surface area contributed by atoms with Crippen molar-refractivity contribution in [2.45, 2.75) is 298 Å². The Labute approximate surface area is 368 Å². The molecule has 0 aliphatic rings. The predicted octanol–water partition coefficient (Wildman–Crippen LogP) is 16.9. The van der Waals surface area contributed by atoms with Crippen LogP contribution in [0.2, 0.25) is 0 Å². The van der Waals surface area contributed by atoms with Gasteiger partial charge in [-0.15, -0.1) is 0 Å². The molecule has 1 atom stereocenters. The molecule has 6 nitrogen and oxygen atoms in total. The Hall–Kier alpha value is -1.59. The number of ether oxygens (including phenoxy) is 3. The normalized spacial score (nSPS) is 12.1. The summed E-state index contributed by atoms with van der Waals surface area (Å²) in [6, 6.07) is 0. The second-order valence-corrected chi connectivity index (χ2v) is 19.1. The van der Waals surface area contributed by atoms with Crippen LogP contribution in [0, 0.1) is 11.8 Å². The Morgan fingerprint density at radius 2 is 0.559 bits per heavy atom. The van der Waals surface area contributed by atoms with Crippen LogP contribution >= 0.6 is 0 Å². The fraction of sp³-hybridized carbons (Fsp3) is 0.943. The van der Waals surface area contributed by atoms with Gasteiger partial charge >= 0.3 is 17.9 Å². The highest BCUT2D eigenvalue weighted by Gasteiger charge is 2.19. The number of carbonyl (C=O) groups is 3. The second kappa shape index (κ2) is 45.9. The van der Waals surface area contributed by atoms with Crippen LogP contribution < -0.4 is 0 Å². The van der Waals surface area contributed by atoms with E-state index in [1.54, 1.807) is 0 Å². The van der Waals surface area contributed by atoms with Crippen LogP contribution in [-0.4, -0.2) is 37.2 Å². The van der Waals surface area contributed by atoms with Gasteiger partial charge in [0.1, 0.15) is 13.2 Å². The molecule has 0 rings (SSSR count). The van der Waals surface area contributed by atoms with Gasteiger partial charge in [-0.3, -0.25) is 14.4 Å². The summed E-state index contributed by atoms with van der Waals surface area (Å²) in [6.45, 7) is 11.3. The number of rotatable bonds is 47. The molecule has 0 aliphatic carbocycles. The van der Waals surface area contributed by atoms with Crippen LogP contribution in [0.25, 0.3) is 0 Å². The molecule has 6 heteroatoms. The minimum atomic E-state index is -0.762. The first-order valence-corrected chi connectivity index (χ1v) is 26.2. The lowest BCUT2D eigenvalue weighted by molar-refractivity contribution is -0.167. The van der Waals surface area contributed by atoms with E-state index in [-0.39, 0.29) is 31.1 Å². The number of esters is 3. The first-order valence-electron chi connectivity index (χ1n) is 26.2. The van der Waals surface area contributed by atoms with E-state index in [0.717, 1.165) is 69.6 Å². The summed E-state index contributed by atoms with van der Waals surface area (Å²) in [5.41, 5.74) is 0. The predicted molar refractivity (Wildman–Crippen MR) is 252 cm³/mol. The molecule has 0 unspecified atom stereocenters. The third-order valence-corrected chi connectivity index (χ3v) is 12.0. The zero-order chi connectivity index (χ0) is 43.3. The SMILES string of the molecule is CCCCCCCCCCCCCCCCCCCCCC(=O)OC[C@H](COC(=O)CCCCCCCCCCCC(C)C)OC(=O)CCCCCCCCCC(C)C. The summed E-state index contributed by atoms with van der Waals surface area (Å²) in [7, 11) is 0. The molecule has 0 aromatic rings. The molecule has 59 heavy (non-hydrogen) atoms. The summed E-state index contributed by atoms with van der Waals surface area (Å²) in [5.74, 6) is 0.733. The monoisotopic (exact) mass is 835 g/mol. The zero-order valence-electron chi connectivity index (χ0n) is 40.4. The topological polar surface area (TPSA) is 78.9 Å². The molecule has 0 heterocycles. The number of hydrogen-bond acceptors (Lipinski definition) is 6. The van der Waals surface area contributed by atoms with Crippen LogP contribution in [0.4, 0.5) is 0 Å². The minimum absolute atomic E-state index is 0.0647. The Morgan fingerprint density at radius 1 is 0.322 bits per heavy atom. The van der Waals surface area contributed by atoms with Crippen LogP contribution in [-0.2, 0) is 28.6 Å². The van der Waals surface area contributed by atoms with E-state index in [2.05, 4.69) is 34.6 Å². The summed E-state index contributed by atoms with van der Waals surface area (Å²) in [6.07, 6.45) is 46.8. The van der Waals surface area contributed by atoms with Crippen LogP contribution in [0.5, 0.6) is 0 Å². The van der Waals surface area contributed by atoms with Crippen molar-refractivity contribution in [3.63, 3.8) is 0 Å². The molecule has 0 fully saturated rings. The van der Waals surface area contributed by atoms with E-state index in [4.69, 9.17) is 14.2 Å². The standard InChI is InChI=1S/C53H102O6/c1-6-7-8-9-10-11-12-13-14-15-16-17-18-19-20-23-28-33-38-43-51(54)57-46-50(59-53(56)45-40-35-30-25-27-32-37-42-49(4)5)47-58-52(55)44-39-34-29-24-21-22-26-31-36-41-48(2)3/h48-50H,6-47H2,1-5H3/t50-/m1/s1. The zero-order valence-corrected chi connectivity index (χ0v) is 40.4. The first-order chi connectivity index (χ1) is 28.7. The second-order valence-electron chi connectivity index (χ2n) is 19.1. The number of hydrogen-bond donors (Lipinski definition) is 0. The van der Waals surface area contributed by atoms with Gasteiger partial charge in [-0.25, -0.2) is 0 Å². The molecule has 0 aromatic heterocycles. The van der Waals surface area contributed by atoms with Gasteiger partial charge in [0.15, 0.2) is 6.10 Å². The molecule has 0 aromatic carbocycles. The molecule has 0 amide bonds. The lowest BCUT2D eigenvalue weighted by Crippen LogP contribution is -2.30. The van der Waals surface area contributed by atoms with Gasteiger partial charge in [0.2, 0.25) is 0 Å². The van der Waals surface area contributed by atoms with Crippen molar-refractivity contribution in [2.24, 2.45) is 11.8 Å². The highest BCUT2D eigenvalue weighted by molar-refractivity contribution is 5.71. The highest BCUT2D eigenvalue weighted by Crippen LogP contribution is 2.17. The highest BCUT2D eigenvalue weighted by atomic mass is 16.6. The average Bonchev–Trinajstić information content (AvgIpc) is 3.20. The maximum Gasteiger partial charge on any atom is 0.306 e. The van der Waals surface area contributed by atoms with Crippen molar-refractivity contribution in [1.29, 1.82) is 0 Å². The van der Waals surface area contributed by atoms with Crippen molar-refractivity contribution in [3.05, 3.63) is 0 Å². The molecule has 0 aliphatic heterocycles. The van der Waals surface area contributed by atoms with Crippen molar-refractivity contribution < 1.29 is 28.6 Å². The van der Waals surface area contributed by atoms with Gasteiger partial charge < -0.3 is 14.2 Å². The van der Waals surface area contributed by atoms with E-state index in [9.17, 15) is 14.4 Å². The molecule has 350 valence electrons. The summed E-state index contributed by atoms with van der Waals surface area (Å²) in [5, 5.41) is 0. The lowest BCUT2D eigenvalue weighted by Gasteiger charge is -2.18. The van der Waals surface area contributed by atoms with Crippen LogP contribution in [0.3, 0.4) is 0 Å². The molecular weight excluding hydrogens is 733 g/mol. The maximum absolute atomic E-state index is 12.7. The Morgan fingerprint density at radius 3 is 0.831 bits per heavy atom. The molecule has 0 N–H and O–H groups in total. The molecule has 0 spiro atoms. The average molecular weight is 835 g/mol. The van der Waals surface area contributed by atoms with Crippen molar-refractivity contribution >= 4 is 17.9 Å². The molecular formula is C53H102O6. The number of unbranched alkanes of at least 4 members (excludes halogenated alkanes) is 32. The third kappa shape index (κ3) is 47.3. The summed E-state index contributed by atoms with van der Waals surface area (Å²) < 4.78 is 16.8. The minimum Gasteiger partial charge on any atom is -0.462 e. The summed E-state index contributed by atoms with van der Waals surface area (Å²) >= 11 is 0. The van der Waals surface area contributed by atoms with E-state index < -0.39 is 6.10 Å². The fourth-order valence-corrected chi connectivity index (χ4v) is 7.99. The van der Waals surface area contributed by atoms with Crippen LogP contribution in [0.1, 0.15) is 291 Å². The molecule has 0 saturated carbocycles. The fourth-order valence-electron chi connectivity index (χ4n) is 7.99. The molecule has 0 saturated heterocycles. The van der Waals surface area contributed by atoms with Gasteiger partial charge in [-0.1, -0.05) is 253 Å². The molecule has 0 bridgehead atoms. The van der Waals surface area contributed by atoms with Gasteiger partial charge in [-0.05, 0) is 31.1 Å². The lowest BCUT2D eigenvalue weighted by atomic mass is 10.0.